The van der Waals surface area contributed by atoms with Gasteiger partial charge in [-0.05, 0) is 19.3 Å². The quantitative estimate of drug-likeness (QED) is 0.0392. The average Bonchev–Trinajstić information content (AvgIpc) is 4.00. The molecule has 0 spiro atoms. The first-order valence-electron chi connectivity index (χ1n) is 19.3. The predicted octanol–water partition coefficient (Wildman–Crippen LogP) is -0.846. The third-order valence-electron chi connectivity index (χ3n) is 7.90. The number of aromatic nitrogens is 8. The summed E-state index contributed by atoms with van der Waals surface area (Å²) in [4.78, 5) is 74.0. The summed E-state index contributed by atoms with van der Waals surface area (Å²) in [5.74, 6) is -1.20. The first-order chi connectivity index (χ1) is 29.8. The van der Waals surface area contributed by atoms with E-state index in [9.17, 15) is 27.6 Å². The summed E-state index contributed by atoms with van der Waals surface area (Å²) >= 11 is 0. The van der Waals surface area contributed by atoms with Crippen molar-refractivity contribution in [3.8, 4) is 0 Å². The van der Waals surface area contributed by atoms with Gasteiger partial charge in [-0.3, -0.25) is 58.0 Å². The van der Waals surface area contributed by atoms with Crippen molar-refractivity contribution in [2.45, 2.75) is 91.1 Å². The third kappa shape index (κ3) is 14.1. The Labute approximate surface area is 369 Å². The van der Waals surface area contributed by atoms with Gasteiger partial charge in [-0.1, -0.05) is 32.8 Å². The van der Waals surface area contributed by atoms with Crippen LogP contribution in [0.25, 0.3) is 48.7 Å². The fourth-order valence-corrected chi connectivity index (χ4v) is 5.84. The van der Waals surface area contributed by atoms with Gasteiger partial charge in [0.15, 0.2) is 22.3 Å². The SMILES string of the molecule is [2H]C[C@H]1OC(n2cnc3c(=O)[nH]c(NC(=O)C(C)C)nc32)C[C@@H]1N=[N+]=[N-].[2H]C[C@H]1OC(n2cnc3c(=O)[nH]c(NC(=O)C(C)C)nc32)C[C@@H]1OS(C)(=O)=O.[3H]OC.[3H]OC.[N-]=[N+]=[N-].[Na+]. The van der Waals surface area contributed by atoms with Gasteiger partial charge in [-0.15, -0.1) is 0 Å². The van der Waals surface area contributed by atoms with E-state index in [4.69, 9.17) is 35.9 Å². The van der Waals surface area contributed by atoms with Crippen LogP contribution in [0.4, 0.5) is 11.9 Å². The molecular formula is C31H47N16NaO11S. The van der Waals surface area contributed by atoms with E-state index in [0.29, 0.717) is 6.42 Å². The van der Waals surface area contributed by atoms with Gasteiger partial charge in [0, 0.05) is 46.6 Å². The van der Waals surface area contributed by atoms with Gasteiger partial charge in [0.1, 0.15) is 18.6 Å². The molecule has 2 amide bonds. The van der Waals surface area contributed by atoms with Crippen LogP contribution in [0.5, 0.6) is 0 Å². The molecule has 6 atom stereocenters. The van der Waals surface area contributed by atoms with E-state index >= 15 is 0 Å². The molecule has 4 aromatic heterocycles. The predicted molar refractivity (Wildman–Crippen MR) is 211 cm³/mol. The number of fused-ring (bicyclic) bond motifs is 2. The molecule has 2 fully saturated rings. The van der Waals surface area contributed by atoms with Crippen molar-refractivity contribution in [2.75, 3.05) is 31.1 Å². The summed E-state index contributed by atoms with van der Waals surface area (Å²) in [6.07, 6.45) is 0.695. The molecule has 27 nitrogen and oxygen atoms in total. The van der Waals surface area contributed by atoms with Crippen LogP contribution < -0.4 is 51.3 Å². The van der Waals surface area contributed by atoms with Crippen LogP contribution >= 0.6 is 0 Å². The molecule has 6 rings (SSSR count). The van der Waals surface area contributed by atoms with E-state index in [2.05, 4.69) is 60.8 Å². The van der Waals surface area contributed by atoms with E-state index < -0.39 is 58.0 Å². The summed E-state index contributed by atoms with van der Waals surface area (Å²) in [6.45, 7) is 6.58. The second kappa shape index (κ2) is 24.3. The average molecular weight is 881 g/mol. The number of hydrogen-bond donors (Lipinski definition) is 6. The number of anilines is 2. The smallest absolute Gasteiger partial charge is 0.400 e. The second-order valence-electron chi connectivity index (χ2n) is 12.7. The molecule has 4 aromatic rings. The van der Waals surface area contributed by atoms with Crippen LogP contribution in [0.3, 0.4) is 0 Å². The number of H-pyrrole nitrogens is 2. The minimum atomic E-state index is -3.73. The summed E-state index contributed by atoms with van der Waals surface area (Å²) in [6, 6.07) is -0.484. The number of carbonyl (C=O) groups excluding carboxylic acids is 2. The Kier molecular flexibility index (Phi) is 18.7. The number of ether oxygens (including phenoxy) is 2. The number of carbonyl (C=O) groups is 2. The van der Waals surface area contributed by atoms with E-state index in [-0.39, 0.29) is 108 Å². The zero-order valence-corrected chi connectivity index (χ0v) is 36.7. The number of azide groups is 1. The Morgan fingerprint density at radius 2 is 1.35 bits per heavy atom. The number of imidazole rings is 2. The Balaban J connectivity index is 0.000000534. The van der Waals surface area contributed by atoms with Gasteiger partial charge in [0.25, 0.3) is 21.2 Å². The molecule has 0 radical (unpaired) electrons. The molecule has 29 heteroatoms. The molecule has 60 heavy (non-hydrogen) atoms. The molecule has 6 heterocycles. The monoisotopic (exact) mass is 880 g/mol. The van der Waals surface area contributed by atoms with Gasteiger partial charge in [0.05, 0.1) is 37.2 Å². The maximum Gasteiger partial charge on any atom is 1.00 e. The molecule has 2 unspecified atom stereocenters. The van der Waals surface area contributed by atoms with Gasteiger partial charge in [0.2, 0.25) is 26.6 Å². The minimum absolute atomic E-state index is 0. The number of rotatable bonds is 9. The first kappa shape index (κ1) is 46.1. The van der Waals surface area contributed by atoms with Crippen LogP contribution in [-0.2, 0) is 33.4 Å². The van der Waals surface area contributed by atoms with Crippen LogP contribution in [0.2, 0.25) is 0 Å². The van der Waals surface area contributed by atoms with Crippen molar-refractivity contribution >= 4 is 56.2 Å². The number of aliphatic hydroxyl groups excluding tert-OH is 2. The zero-order chi connectivity index (χ0) is 47.6. The van der Waals surface area contributed by atoms with Crippen LogP contribution in [0.15, 0.2) is 27.4 Å². The van der Waals surface area contributed by atoms with E-state index in [1.54, 1.807) is 32.3 Å². The number of amides is 2. The Morgan fingerprint density at radius 3 is 1.73 bits per heavy atom. The molecule has 6 N–H and O–H groups in total. The third-order valence-corrected chi connectivity index (χ3v) is 8.50. The molecule has 2 saturated heterocycles. The van der Waals surface area contributed by atoms with E-state index in [0.717, 1.165) is 6.26 Å². The second-order valence-corrected chi connectivity index (χ2v) is 14.3. The fraction of sp³-hybridized carbons (Fsp3) is 0.613. The summed E-state index contributed by atoms with van der Waals surface area (Å²) in [5, 5.41) is 15.7. The van der Waals surface area contributed by atoms with Crippen LogP contribution in [0, 0.1) is 11.8 Å². The van der Waals surface area contributed by atoms with Gasteiger partial charge in [-0.25, -0.2) is 9.97 Å². The van der Waals surface area contributed by atoms with Crippen LogP contribution in [0.1, 0.15) is 69.5 Å². The van der Waals surface area contributed by atoms with E-state index in [1.165, 1.54) is 36.4 Å². The number of aromatic amines is 2. The van der Waals surface area contributed by atoms with Crippen LogP contribution in [-0.4, -0.2) is 117 Å². The normalized spacial score (nSPS) is 21.2. The molecule has 0 bridgehead atoms. The molecule has 0 saturated carbocycles. The van der Waals surface area contributed by atoms with E-state index in [1.807, 2.05) is 0 Å². The zero-order valence-electron chi connectivity index (χ0n) is 37.9. The standard InChI is InChI=1S/C15H21N5O6S.C14H18N8O3.2CH4O.N3.Na/c1-7(2)13(21)18-15-17-12-11(14(22)19-15)16-6-20(12)10-5-9(8(3)25-10)26-27(4,23)24;1-6(2)12(23)18-14-17-11-10(13(24)19-14)16-5-22(11)9-4-8(20-21-15)7(3)25-9;2*1-2;1-3-2;/h6-10H,5H2,1-4H3,(H2,17,18,19,21,22);5-9H,4H2,1-3H3,(H2,17,18,19,23,24);2*2H,1H3;;/q;;;;-1;+1/t8-,9+,10?;7-,8+,9?;;;;/m11..../s1/i2*3D;2*2T;;. The topological polar surface area (TPSA) is 395 Å². The summed E-state index contributed by atoms with van der Waals surface area (Å²) in [5.41, 5.74) is 21.7. The number of nitrogens with one attached hydrogen (secondary N) is 4. The largest absolute Gasteiger partial charge is 1.00 e. The van der Waals surface area contributed by atoms with Crippen molar-refractivity contribution in [1.82, 2.24) is 39.0 Å². The molecule has 2 aliphatic heterocycles. The molecule has 0 aliphatic carbocycles. The maximum atomic E-state index is 12.3. The molecular weight excluding hydrogens is 827 g/mol. The summed E-state index contributed by atoms with van der Waals surface area (Å²) < 4.78 is 68.9. The fourth-order valence-electron chi connectivity index (χ4n) is 5.19. The summed E-state index contributed by atoms with van der Waals surface area (Å²) in [7, 11) is -1.14. The Morgan fingerprint density at radius 1 is 0.933 bits per heavy atom. The van der Waals surface area contributed by atoms with Gasteiger partial charge >= 0.3 is 29.6 Å². The van der Waals surface area contributed by atoms with Crippen molar-refractivity contribution < 1.29 is 74.2 Å². The number of nitrogens with zero attached hydrogens (tertiary/aromatic N) is 12. The maximum absolute atomic E-state index is 12.3. The minimum Gasteiger partial charge on any atom is -0.400 e. The van der Waals surface area contributed by atoms with Crippen molar-refractivity contribution in [3.05, 3.63) is 59.8 Å². The van der Waals surface area contributed by atoms with Crippen molar-refractivity contribution in [3.63, 3.8) is 0 Å². The molecule has 2 aliphatic rings. The first-order valence-corrected chi connectivity index (χ1v) is 18.9. The van der Waals surface area contributed by atoms with Gasteiger partial charge in [-0.2, -0.15) is 18.4 Å². The molecule has 324 valence electrons. The Bertz CT molecular complexity index is 2460. The number of aliphatic hydroxyl groups is 2. The molecule has 0 aromatic carbocycles. The van der Waals surface area contributed by atoms with Gasteiger partial charge < -0.3 is 30.8 Å². The number of hydrogen-bond acceptors (Lipinski definition) is 16. The van der Waals surface area contributed by atoms with Crippen molar-refractivity contribution in [1.29, 1.82) is 2.86 Å². The van der Waals surface area contributed by atoms with Crippen molar-refractivity contribution in [2.24, 2.45) is 17.0 Å². The Hall–Kier alpha value is -4.99.